The number of nitrogens with one attached hydrogen (secondary N) is 1. The molecule has 20 heavy (non-hydrogen) atoms. The summed E-state index contributed by atoms with van der Waals surface area (Å²) in [5.74, 6) is -1.31. The number of ether oxygens (including phenoxy) is 1. The molecule has 2 N–H and O–H groups in total. The summed E-state index contributed by atoms with van der Waals surface area (Å²) in [7, 11) is 0. The molecule has 7 heteroatoms. The highest BCUT2D eigenvalue weighted by Gasteiger charge is 2.21. The van der Waals surface area contributed by atoms with Gasteiger partial charge in [0.25, 0.3) is 11.8 Å². The van der Waals surface area contributed by atoms with Crippen molar-refractivity contribution in [3.05, 3.63) is 23.8 Å². The lowest BCUT2D eigenvalue weighted by Crippen LogP contribution is -2.35. The molecular formula is C13H14N2O5. The van der Waals surface area contributed by atoms with Crippen LogP contribution < -0.4 is 10.1 Å². The standard InChI is InChI=1S/C13H14N2O5/c1-2-15(6-12(17)18)13(19)8-3-4-9-10(5-8)20-7-11(16)14-9/h3-5H,2,6-7H2,1H3,(H,14,16)(H,17,18). The molecule has 0 atom stereocenters. The van der Waals surface area contributed by atoms with E-state index in [2.05, 4.69) is 5.32 Å². The summed E-state index contributed by atoms with van der Waals surface area (Å²) in [6.45, 7) is 1.54. The average Bonchev–Trinajstić information content (AvgIpc) is 2.43. The van der Waals surface area contributed by atoms with Gasteiger partial charge < -0.3 is 20.1 Å². The lowest BCUT2D eigenvalue weighted by Gasteiger charge is -2.21. The minimum Gasteiger partial charge on any atom is -0.482 e. The third kappa shape index (κ3) is 2.87. The number of amides is 2. The number of carbonyl (C=O) groups excluding carboxylic acids is 2. The number of carboxylic acid groups (broad SMARTS) is 1. The van der Waals surface area contributed by atoms with Gasteiger partial charge in [-0.25, -0.2) is 0 Å². The van der Waals surface area contributed by atoms with Crippen LogP contribution in [0.3, 0.4) is 0 Å². The summed E-state index contributed by atoms with van der Waals surface area (Å²) in [5, 5.41) is 11.4. The molecule has 0 fully saturated rings. The van der Waals surface area contributed by atoms with Gasteiger partial charge in [0.2, 0.25) is 0 Å². The van der Waals surface area contributed by atoms with E-state index in [1.807, 2.05) is 0 Å². The molecule has 1 aromatic carbocycles. The number of anilines is 1. The Kier molecular flexibility index (Phi) is 3.88. The van der Waals surface area contributed by atoms with Crippen molar-refractivity contribution >= 4 is 23.5 Å². The van der Waals surface area contributed by atoms with E-state index >= 15 is 0 Å². The van der Waals surface area contributed by atoms with E-state index in [9.17, 15) is 14.4 Å². The predicted molar refractivity (Wildman–Crippen MR) is 69.8 cm³/mol. The molecule has 7 nitrogen and oxygen atoms in total. The van der Waals surface area contributed by atoms with Gasteiger partial charge in [-0.1, -0.05) is 0 Å². The summed E-state index contributed by atoms with van der Waals surface area (Å²) in [5.41, 5.74) is 0.821. The fraction of sp³-hybridized carbons (Fsp3) is 0.308. The first-order chi connectivity index (χ1) is 9.51. The van der Waals surface area contributed by atoms with Crippen LogP contribution in [-0.4, -0.2) is 47.5 Å². The topological polar surface area (TPSA) is 95.9 Å². The molecule has 106 valence electrons. The summed E-state index contributed by atoms with van der Waals surface area (Å²) < 4.78 is 5.22. The molecule has 0 unspecified atom stereocenters. The van der Waals surface area contributed by atoms with E-state index < -0.39 is 11.9 Å². The summed E-state index contributed by atoms with van der Waals surface area (Å²) in [4.78, 5) is 35.2. The second-order valence-electron chi connectivity index (χ2n) is 4.26. The van der Waals surface area contributed by atoms with Crippen LogP contribution in [0.1, 0.15) is 17.3 Å². The van der Waals surface area contributed by atoms with E-state index in [-0.39, 0.29) is 19.1 Å². The second-order valence-corrected chi connectivity index (χ2v) is 4.26. The van der Waals surface area contributed by atoms with Crippen molar-refractivity contribution in [2.75, 3.05) is 25.0 Å². The van der Waals surface area contributed by atoms with Gasteiger partial charge in [-0.05, 0) is 25.1 Å². The van der Waals surface area contributed by atoms with Gasteiger partial charge in [0.05, 0.1) is 5.69 Å². The van der Waals surface area contributed by atoms with E-state index in [1.54, 1.807) is 13.0 Å². The first kappa shape index (κ1) is 13.9. The van der Waals surface area contributed by atoms with Crippen LogP contribution in [0.4, 0.5) is 5.69 Å². The van der Waals surface area contributed by atoms with E-state index in [0.717, 1.165) is 0 Å². The number of carbonyl (C=O) groups is 3. The minimum atomic E-state index is -1.07. The van der Waals surface area contributed by atoms with Gasteiger partial charge in [-0.2, -0.15) is 0 Å². The summed E-state index contributed by atoms with van der Waals surface area (Å²) in [6.07, 6.45) is 0. The molecule has 0 saturated heterocycles. The molecule has 2 rings (SSSR count). The quantitative estimate of drug-likeness (QED) is 0.839. The van der Waals surface area contributed by atoms with Crippen LogP contribution in [0.15, 0.2) is 18.2 Å². The Balaban J connectivity index is 2.22. The fourth-order valence-electron chi connectivity index (χ4n) is 1.88. The number of benzene rings is 1. The molecule has 0 spiro atoms. The average molecular weight is 278 g/mol. The summed E-state index contributed by atoms with van der Waals surface area (Å²) >= 11 is 0. The molecule has 0 bridgehead atoms. The highest BCUT2D eigenvalue weighted by atomic mass is 16.5. The highest BCUT2D eigenvalue weighted by Crippen LogP contribution is 2.28. The lowest BCUT2D eigenvalue weighted by atomic mass is 10.1. The van der Waals surface area contributed by atoms with Crippen LogP contribution in [-0.2, 0) is 9.59 Å². The Hall–Kier alpha value is -2.57. The zero-order chi connectivity index (χ0) is 14.7. The van der Waals surface area contributed by atoms with Crippen LogP contribution >= 0.6 is 0 Å². The number of rotatable bonds is 4. The number of hydrogen-bond donors (Lipinski definition) is 2. The molecule has 1 aliphatic rings. The van der Waals surface area contributed by atoms with E-state index in [1.165, 1.54) is 17.0 Å². The molecule has 0 saturated carbocycles. The largest absolute Gasteiger partial charge is 0.482 e. The van der Waals surface area contributed by atoms with Crippen molar-refractivity contribution < 1.29 is 24.2 Å². The van der Waals surface area contributed by atoms with Crippen molar-refractivity contribution in [1.29, 1.82) is 0 Å². The van der Waals surface area contributed by atoms with Crippen molar-refractivity contribution in [1.82, 2.24) is 4.90 Å². The Morgan fingerprint density at radius 1 is 1.45 bits per heavy atom. The molecule has 1 aliphatic heterocycles. The second kappa shape index (κ2) is 5.60. The highest BCUT2D eigenvalue weighted by molar-refractivity contribution is 5.99. The molecule has 1 heterocycles. The van der Waals surface area contributed by atoms with Crippen molar-refractivity contribution in [2.24, 2.45) is 0 Å². The van der Waals surface area contributed by atoms with Crippen LogP contribution in [0.25, 0.3) is 0 Å². The Bertz CT molecular complexity index is 570. The number of fused-ring (bicyclic) bond motifs is 1. The van der Waals surface area contributed by atoms with Crippen LogP contribution in [0, 0.1) is 0 Å². The maximum absolute atomic E-state index is 12.2. The van der Waals surface area contributed by atoms with Crippen molar-refractivity contribution in [3.63, 3.8) is 0 Å². The maximum Gasteiger partial charge on any atom is 0.323 e. The number of carboxylic acids is 1. The van der Waals surface area contributed by atoms with Crippen molar-refractivity contribution in [2.45, 2.75) is 6.92 Å². The van der Waals surface area contributed by atoms with Gasteiger partial charge in [0.15, 0.2) is 6.61 Å². The number of likely N-dealkylation sites (N-methyl/N-ethyl adjacent to an activating group) is 1. The summed E-state index contributed by atoms with van der Waals surface area (Å²) in [6, 6.07) is 4.59. The third-order valence-corrected chi connectivity index (χ3v) is 2.86. The predicted octanol–water partition coefficient (Wildman–Crippen LogP) is 0.564. The maximum atomic E-state index is 12.2. The zero-order valence-corrected chi connectivity index (χ0v) is 10.9. The molecular weight excluding hydrogens is 264 g/mol. The van der Waals surface area contributed by atoms with E-state index in [4.69, 9.17) is 9.84 Å². The van der Waals surface area contributed by atoms with Gasteiger partial charge >= 0.3 is 5.97 Å². The van der Waals surface area contributed by atoms with E-state index in [0.29, 0.717) is 23.5 Å². The van der Waals surface area contributed by atoms with Crippen LogP contribution in [0.5, 0.6) is 5.75 Å². The minimum absolute atomic E-state index is 0.0999. The number of hydrogen-bond acceptors (Lipinski definition) is 4. The first-order valence-electron chi connectivity index (χ1n) is 6.09. The third-order valence-electron chi connectivity index (χ3n) is 2.86. The molecule has 0 aliphatic carbocycles. The molecule has 1 aromatic rings. The SMILES string of the molecule is CCN(CC(=O)O)C(=O)c1ccc2c(c1)OCC(=O)N2. The fourth-order valence-corrected chi connectivity index (χ4v) is 1.88. The van der Waals surface area contributed by atoms with Crippen LogP contribution in [0.2, 0.25) is 0 Å². The van der Waals surface area contributed by atoms with Gasteiger partial charge in [-0.15, -0.1) is 0 Å². The van der Waals surface area contributed by atoms with Gasteiger partial charge in [-0.3, -0.25) is 14.4 Å². The monoisotopic (exact) mass is 278 g/mol. The number of aliphatic carboxylic acids is 1. The number of nitrogens with zero attached hydrogens (tertiary/aromatic N) is 1. The van der Waals surface area contributed by atoms with Gasteiger partial charge in [0.1, 0.15) is 12.3 Å². The Labute approximate surface area is 115 Å². The Morgan fingerprint density at radius 2 is 2.20 bits per heavy atom. The lowest BCUT2D eigenvalue weighted by molar-refractivity contribution is -0.137. The first-order valence-corrected chi connectivity index (χ1v) is 6.09. The Morgan fingerprint density at radius 3 is 2.85 bits per heavy atom. The zero-order valence-electron chi connectivity index (χ0n) is 10.9. The van der Waals surface area contributed by atoms with Crippen molar-refractivity contribution in [3.8, 4) is 5.75 Å². The molecule has 2 amide bonds. The molecule has 0 aromatic heterocycles. The molecule has 0 radical (unpaired) electrons. The normalized spacial score (nSPS) is 12.9. The van der Waals surface area contributed by atoms with Gasteiger partial charge in [0, 0.05) is 12.1 Å². The smallest absolute Gasteiger partial charge is 0.323 e.